The van der Waals surface area contributed by atoms with Crippen molar-refractivity contribution >= 4 is 11.9 Å². The molecule has 0 N–H and O–H groups in total. The first-order valence-corrected chi connectivity index (χ1v) is 24.5. The van der Waals surface area contributed by atoms with Crippen molar-refractivity contribution in [3.8, 4) is 0 Å². The van der Waals surface area contributed by atoms with Crippen LogP contribution in [0.2, 0.25) is 0 Å². The van der Waals surface area contributed by atoms with Crippen LogP contribution in [0, 0.1) is 11.8 Å². The van der Waals surface area contributed by atoms with Crippen LogP contribution in [0.1, 0.15) is 226 Å². The molecule has 1 fully saturated rings. The Bertz CT molecular complexity index is 1050. The predicted molar refractivity (Wildman–Crippen MR) is 241 cm³/mol. The van der Waals surface area contributed by atoms with E-state index in [1.54, 1.807) is 0 Å². The van der Waals surface area contributed by atoms with Crippen molar-refractivity contribution in [2.24, 2.45) is 11.8 Å². The summed E-state index contributed by atoms with van der Waals surface area (Å²) < 4.78 is 17.6. The van der Waals surface area contributed by atoms with Crippen LogP contribution in [0.4, 0.5) is 0 Å². The Labute approximate surface area is 353 Å². The van der Waals surface area contributed by atoms with Gasteiger partial charge in [0.05, 0.1) is 19.3 Å². The zero-order valence-electron chi connectivity index (χ0n) is 37.9. The minimum absolute atomic E-state index is 0.00892. The first-order valence-electron chi connectivity index (χ1n) is 24.5. The van der Waals surface area contributed by atoms with Gasteiger partial charge in [0.25, 0.3) is 0 Å². The number of esters is 2. The summed E-state index contributed by atoms with van der Waals surface area (Å²) in [5.74, 6) is 0.941. The second-order valence-corrected chi connectivity index (χ2v) is 17.3. The van der Waals surface area contributed by atoms with E-state index in [-0.39, 0.29) is 11.9 Å². The highest BCUT2D eigenvalue weighted by molar-refractivity contribution is 5.69. The van der Waals surface area contributed by atoms with Crippen molar-refractivity contribution in [1.82, 2.24) is 4.90 Å². The summed E-state index contributed by atoms with van der Waals surface area (Å²) in [6.07, 6.45) is 39.3. The van der Waals surface area contributed by atoms with Gasteiger partial charge in [0, 0.05) is 19.4 Å². The quantitative estimate of drug-likeness (QED) is 0.0349. The summed E-state index contributed by atoms with van der Waals surface area (Å²) in [4.78, 5) is 27.0. The van der Waals surface area contributed by atoms with Crippen LogP contribution in [0.5, 0.6) is 0 Å². The van der Waals surface area contributed by atoms with Crippen LogP contribution in [-0.2, 0) is 23.8 Å². The van der Waals surface area contributed by atoms with Crippen LogP contribution in [0.25, 0.3) is 0 Å². The highest BCUT2D eigenvalue weighted by Gasteiger charge is 2.13. The third-order valence-corrected chi connectivity index (χ3v) is 11.8. The van der Waals surface area contributed by atoms with E-state index >= 15 is 0 Å². The number of likely N-dealkylation sites (tertiary alicyclic amines) is 1. The second-order valence-electron chi connectivity index (χ2n) is 17.3. The summed E-state index contributed by atoms with van der Waals surface area (Å²) in [5, 5.41) is 0. The molecule has 3 atom stereocenters. The van der Waals surface area contributed by atoms with E-state index in [1.165, 1.54) is 167 Å². The maximum Gasteiger partial charge on any atom is 0.305 e. The lowest BCUT2D eigenvalue weighted by molar-refractivity contribution is -0.145. The van der Waals surface area contributed by atoms with E-state index in [4.69, 9.17) is 14.2 Å². The first-order chi connectivity index (χ1) is 28.0. The highest BCUT2D eigenvalue weighted by atomic mass is 16.5. The van der Waals surface area contributed by atoms with Crippen molar-refractivity contribution < 1.29 is 23.8 Å². The lowest BCUT2D eigenvalue weighted by Crippen LogP contribution is -2.21. The second kappa shape index (κ2) is 40.7. The fourth-order valence-corrected chi connectivity index (χ4v) is 7.96. The van der Waals surface area contributed by atoms with E-state index in [2.05, 4.69) is 49.4 Å². The molecule has 1 rings (SSSR count). The Morgan fingerprint density at radius 3 is 1.67 bits per heavy atom. The average molecular weight is 798 g/mol. The van der Waals surface area contributed by atoms with Gasteiger partial charge >= 0.3 is 11.9 Å². The molecule has 1 aliphatic rings. The molecule has 0 bridgehead atoms. The summed E-state index contributed by atoms with van der Waals surface area (Å²) in [5.41, 5.74) is 8.42. The van der Waals surface area contributed by atoms with Crippen molar-refractivity contribution in [3.05, 3.63) is 29.8 Å². The number of carbonyl (C=O) groups is 2. The number of hydrogen-bond donors (Lipinski definition) is 0. The van der Waals surface area contributed by atoms with E-state index < -0.39 is 0 Å². The third kappa shape index (κ3) is 35.6. The Kier molecular flexibility index (Phi) is 37.8. The van der Waals surface area contributed by atoms with Crippen molar-refractivity contribution in [2.75, 3.05) is 39.5 Å². The van der Waals surface area contributed by atoms with Gasteiger partial charge in [0.2, 0.25) is 0 Å². The third-order valence-electron chi connectivity index (χ3n) is 11.8. The molecule has 0 aromatic heterocycles. The Morgan fingerprint density at radius 2 is 1.11 bits per heavy atom. The molecule has 0 spiro atoms. The average Bonchev–Trinajstić information content (AvgIpc) is 3.73. The number of hydrogen-bond acceptors (Lipinski definition) is 6. The smallest absolute Gasteiger partial charge is 0.305 e. The molecule has 3 unspecified atom stereocenters. The molecule has 0 aromatic rings. The van der Waals surface area contributed by atoms with E-state index in [0.29, 0.717) is 44.0 Å². The van der Waals surface area contributed by atoms with Gasteiger partial charge in [0.1, 0.15) is 0 Å². The topological polar surface area (TPSA) is 65.1 Å². The van der Waals surface area contributed by atoms with Gasteiger partial charge in [-0.15, -0.1) is 0 Å². The molecule has 0 aliphatic carbocycles. The van der Waals surface area contributed by atoms with E-state index in [0.717, 1.165) is 51.6 Å². The van der Waals surface area contributed by atoms with Crippen molar-refractivity contribution in [2.45, 2.75) is 232 Å². The standard InChI is InChI=1S/C51H91NO5/c1-5-8-21-32-47(4)39-45-56-50(53)37-26-19-15-11-13-17-24-35-49(55-44-31-30-43-52-41-28-29-42-52)36-25-18-14-12-16-20-27-38-51(54)57-46-40-48(33-22-9-6-2)34-23-10-7-3/h33,47-49H,2,5,7-8,10-21,23-32,34-46H2,1,3-4H3. The zero-order valence-corrected chi connectivity index (χ0v) is 37.9. The number of allylic oxidation sites excluding steroid dienone is 1. The normalized spacial score (nSPS) is 14.4. The zero-order chi connectivity index (χ0) is 41.3. The molecule has 0 amide bonds. The molecule has 1 saturated heterocycles. The summed E-state index contributed by atoms with van der Waals surface area (Å²) in [6, 6.07) is 0. The molecular weight excluding hydrogens is 707 g/mol. The molecule has 1 heterocycles. The summed E-state index contributed by atoms with van der Waals surface area (Å²) in [7, 11) is 0. The predicted octanol–water partition coefficient (Wildman–Crippen LogP) is 14.2. The summed E-state index contributed by atoms with van der Waals surface area (Å²) in [6.45, 7) is 16.1. The van der Waals surface area contributed by atoms with Crippen molar-refractivity contribution in [1.29, 1.82) is 0 Å². The summed E-state index contributed by atoms with van der Waals surface area (Å²) >= 11 is 0. The van der Waals surface area contributed by atoms with Gasteiger partial charge in [-0.3, -0.25) is 9.59 Å². The van der Waals surface area contributed by atoms with E-state index in [1.807, 2.05) is 6.08 Å². The maximum absolute atomic E-state index is 12.3. The molecule has 57 heavy (non-hydrogen) atoms. The molecule has 0 radical (unpaired) electrons. The van der Waals surface area contributed by atoms with Crippen LogP contribution >= 0.6 is 0 Å². The van der Waals surface area contributed by atoms with Crippen LogP contribution in [0.15, 0.2) is 29.8 Å². The van der Waals surface area contributed by atoms with Gasteiger partial charge in [-0.25, -0.2) is 0 Å². The van der Waals surface area contributed by atoms with E-state index in [9.17, 15) is 9.59 Å². The van der Waals surface area contributed by atoms with Crippen LogP contribution < -0.4 is 0 Å². The van der Waals surface area contributed by atoms with Crippen LogP contribution in [-0.4, -0.2) is 62.4 Å². The molecule has 0 saturated carbocycles. The van der Waals surface area contributed by atoms with Gasteiger partial charge in [-0.1, -0.05) is 154 Å². The fourth-order valence-electron chi connectivity index (χ4n) is 7.96. The monoisotopic (exact) mass is 798 g/mol. The van der Waals surface area contributed by atoms with Gasteiger partial charge < -0.3 is 19.1 Å². The molecule has 1 aliphatic heterocycles. The molecule has 0 aromatic carbocycles. The van der Waals surface area contributed by atoms with Crippen molar-refractivity contribution in [3.63, 3.8) is 0 Å². The first kappa shape index (κ1) is 53.0. The molecule has 6 nitrogen and oxygen atoms in total. The van der Waals surface area contributed by atoms with Crippen LogP contribution in [0.3, 0.4) is 0 Å². The minimum Gasteiger partial charge on any atom is -0.466 e. The maximum atomic E-state index is 12.3. The fraction of sp³-hybridized carbons (Fsp3) is 0.863. The molecule has 330 valence electrons. The molecular formula is C51H91NO5. The van der Waals surface area contributed by atoms with Gasteiger partial charge in [-0.2, -0.15) is 0 Å². The Balaban J connectivity index is 2.16. The number of carbonyl (C=O) groups excluding carboxylic acids is 2. The number of rotatable bonds is 41. The SMILES string of the molecule is C=C=C=C=CC(CCCCC)CCOC(=O)CCCCCCCCCC(CCCCCCCCCC(=O)OCCC(C)CCCCC)OCCCCN1CCCC1. The lowest BCUT2D eigenvalue weighted by Gasteiger charge is -2.19. The molecule has 6 heteroatoms. The highest BCUT2D eigenvalue weighted by Crippen LogP contribution is 2.20. The van der Waals surface area contributed by atoms with Gasteiger partial charge in [0.15, 0.2) is 0 Å². The number of ether oxygens (including phenoxy) is 3. The Morgan fingerprint density at radius 1 is 0.596 bits per heavy atom. The minimum atomic E-state index is -0.0579. The number of nitrogens with zero attached hydrogens (tertiary/aromatic N) is 1. The largest absolute Gasteiger partial charge is 0.466 e. The van der Waals surface area contributed by atoms with Gasteiger partial charge in [-0.05, 0) is 120 Å². The Hall–Kier alpha value is -2.06. The lowest BCUT2D eigenvalue weighted by atomic mass is 9.98. The number of unbranched alkanes of at least 4 members (excludes halogenated alkanes) is 17.